The summed E-state index contributed by atoms with van der Waals surface area (Å²) in [7, 11) is -3.76. The summed E-state index contributed by atoms with van der Waals surface area (Å²) in [4.78, 5) is 16.5. The SMILES string of the molecule is O=C(Nc1cccc(S(=O)(=O)NC2=NCCC2)c1)c1cc(Cl)ccc1Cl. The molecule has 1 aliphatic heterocycles. The molecule has 0 aliphatic carbocycles. The monoisotopic (exact) mass is 411 g/mol. The first kappa shape index (κ1) is 18.7. The van der Waals surface area contributed by atoms with E-state index in [0.717, 1.165) is 6.42 Å². The first-order valence-corrected chi connectivity index (χ1v) is 10.0. The van der Waals surface area contributed by atoms with Gasteiger partial charge in [-0.05, 0) is 42.8 Å². The predicted molar refractivity (Wildman–Crippen MR) is 103 cm³/mol. The van der Waals surface area contributed by atoms with Crippen LogP contribution in [-0.4, -0.2) is 26.7 Å². The fourth-order valence-corrected chi connectivity index (χ4v) is 3.96. The third-order valence-electron chi connectivity index (χ3n) is 3.70. The maximum atomic E-state index is 12.5. The highest BCUT2D eigenvalue weighted by Gasteiger charge is 2.19. The van der Waals surface area contributed by atoms with Crippen LogP contribution in [0.15, 0.2) is 52.4 Å². The Morgan fingerprint density at radius 1 is 1.12 bits per heavy atom. The summed E-state index contributed by atoms with van der Waals surface area (Å²) in [6.45, 7) is 0.619. The highest BCUT2D eigenvalue weighted by molar-refractivity contribution is 7.90. The van der Waals surface area contributed by atoms with Crippen LogP contribution in [0.4, 0.5) is 5.69 Å². The van der Waals surface area contributed by atoms with E-state index in [0.29, 0.717) is 29.5 Å². The van der Waals surface area contributed by atoms with Crippen molar-refractivity contribution in [1.82, 2.24) is 4.72 Å². The Bertz CT molecular complexity index is 990. The van der Waals surface area contributed by atoms with Crippen LogP contribution in [0.1, 0.15) is 23.2 Å². The molecule has 0 spiro atoms. The minimum absolute atomic E-state index is 0.0297. The summed E-state index contributed by atoms with van der Waals surface area (Å²) in [5.41, 5.74) is 0.521. The van der Waals surface area contributed by atoms with E-state index >= 15 is 0 Å². The average Bonchev–Trinajstić information content (AvgIpc) is 3.09. The molecular weight excluding hydrogens is 397 g/mol. The van der Waals surface area contributed by atoms with Crippen LogP contribution in [0.5, 0.6) is 0 Å². The van der Waals surface area contributed by atoms with Crippen molar-refractivity contribution in [3.63, 3.8) is 0 Å². The van der Waals surface area contributed by atoms with Gasteiger partial charge in [-0.3, -0.25) is 14.5 Å². The molecule has 26 heavy (non-hydrogen) atoms. The van der Waals surface area contributed by atoms with E-state index in [9.17, 15) is 13.2 Å². The molecule has 1 amide bonds. The van der Waals surface area contributed by atoms with Gasteiger partial charge < -0.3 is 5.32 Å². The molecule has 0 aromatic heterocycles. The quantitative estimate of drug-likeness (QED) is 0.803. The predicted octanol–water partition coefficient (Wildman–Crippen LogP) is 3.72. The number of nitrogens with zero attached hydrogens (tertiary/aromatic N) is 1. The fourth-order valence-electron chi connectivity index (χ4n) is 2.45. The smallest absolute Gasteiger partial charge is 0.262 e. The lowest BCUT2D eigenvalue weighted by molar-refractivity contribution is 0.102. The molecule has 136 valence electrons. The molecular formula is C17H15Cl2N3O3S. The number of hydrogen-bond acceptors (Lipinski definition) is 4. The van der Waals surface area contributed by atoms with Gasteiger partial charge in [0.05, 0.1) is 15.5 Å². The second-order valence-electron chi connectivity index (χ2n) is 5.64. The Morgan fingerprint density at radius 2 is 1.92 bits per heavy atom. The molecule has 2 aromatic carbocycles. The van der Waals surface area contributed by atoms with Gasteiger partial charge in [0.25, 0.3) is 15.9 Å². The number of amides is 1. The zero-order chi connectivity index (χ0) is 18.7. The molecule has 2 aromatic rings. The number of aliphatic imine (C=N–C) groups is 1. The van der Waals surface area contributed by atoms with E-state index in [1.165, 1.54) is 24.3 Å². The normalized spacial score (nSPS) is 14.0. The number of rotatable bonds is 4. The molecule has 0 bridgehead atoms. The Morgan fingerprint density at radius 3 is 2.65 bits per heavy atom. The van der Waals surface area contributed by atoms with E-state index in [1.54, 1.807) is 18.2 Å². The fraction of sp³-hybridized carbons (Fsp3) is 0.176. The van der Waals surface area contributed by atoms with E-state index in [-0.39, 0.29) is 15.5 Å². The van der Waals surface area contributed by atoms with Gasteiger partial charge in [0.15, 0.2) is 0 Å². The maximum Gasteiger partial charge on any atom is 0.262 e. The summed E-state index contributed by atoms with van der Waals surface area (Å²) < 4.78 is 27.4. The molecule has 0 saturated carbocycles. The van der Waals surface area contributed by atoms with Crippen molar-refractivity contribution in [2.45, 2.75) is 17.7 Å². The number of benzene rings is 2. The van der Waals surface area contributed by atoms with Crippen molar-refractivity contribution in [3.05, 3.63) is 58.1 Å². The third-order valence-corrected chi connectivity index (χ3v) is 5.65. The molecule has 3 rings (SSSR count). The molecule has 1 heterocycles. The number of halogens is 2. The number of nitrogens with one attached hydrogen (secondary N) is 2. The summed E-state index contributed by atoms with van der Waals surface area (Å²) in [5.74, 6) is -0.0367. The molecule has 1 aliphatic rings. The zero-order valence-corrected chi connectivity index (χ0v) is 15.8. The van der Waals surface area contributed by atoms with Crippen molar-refractivity contribution < 1.29 is 13.2 Å². The molecule has 0 unspecified atom stereocenters. The number of carbonyl (C=O) groups excluding carboxylic acids is 1. The average molecular weight is 412 g/mol. The summed E-state index contributed by atoms with van der Waals surface area (Å²) >= 11 is 11.9. The largest absolute Gasteiger partial charge is 0.322 e. The van der Waals surface area contributed by atoms with Gasteiger partial charge in [0, 0.05) is 23.7 Å². The lowest BCUT2D eigenvalue weighted by atomic mass is 10.2. The number of carbonyl (C=O) groups is 1. The van der Waals surface area contributed by atoms with Crippen molar-refractivity contribution in [2.75, 3.05) is 11.9 Å². The summed E-state index contributed by atoms with van der Waals surface area (Å²) in [6.07, 6.45) is 1.43. The van der Waals surface area contributed by atoms with Gasteiger partial charge >= 0.3 is 0 Å². The van der Waals surface area contributed by atoms with Gasteiger partial charge in [-0.25, -0.2) is 8.42 Å². The Labute approximate surface area is 161 Å². The lowest BCUT2D eigenvalue weighted by Crippen LogP contribution is -2.29. The molecule has 9 heteroatoms. The highest BCUT2D eigenvalue weighted by atomic mass is 35.5. The van der Waals surface area contributed by atoms with Crippen LogP contribution in [0, 0.1) is 0 Å². The first-order valence-electron chi connectivity index (χ1n) is 7.78. The van der Waals surface area contributed by atoms with Crippen LogP contribution in [0.3, 0.4) is 0 Å². The number of amidine groups is 1. The van der Waals surface area contributed by atoms with Crippen LogP contribution in [0.25, 0.3) is 0 Å². The molecule has 6 nitrogen and oxygen atoms in total. The molecule has 0 saturated heterocycles. The van der Waals surface area contributed by atoms with Crippen LogP contribution in [-0.2, 0) is 10.0 Å². The van der Waals surface area contributed by atoms with Gasteiger partial charge in [-0.2, -0.15) is 0 Å². The molecule has 2 N–H and O–H groups in total. The Hall–Kier alpha value is -2.09. The lowest BCUT2D eigenvalue weighted by Gasteiger charge is -2.11. The molecule has 0 radical (unpaired) electrons. The molecule has 0 fully saturated rings. The maximum absolute atomic E-state index is 12.5. The van der Waals surface area contributed by atoms with Crippen molar-refractivity contribution in [1.29, 1.82) is 0 Å². The van der Waals surface area contributed by atoms with Crippen LogP contribution in [0.2, 0.25) is 10.0 Å². The van der Waals surface area contributed by atoms with Crippen molar-refractivity contribution >= 4 is 50.7 Å². The van der Waals surface area contributed by atoms with E-state index in [1.807, 2.05) is 0 Å². The second kappa shape index (κ2) is 7.65. The minimum Gasteiger partial charge on any atom is -0.322 e. The summed E-state index contributed by atoms with van der Waals surface area (Å²) in [5, 5.41) is 3.25. The number of anilines is 1. The van der Waals surface area contributed by atoms with Gasteiger partial charge in [0.1, 0.15) is 5.84 Å². The van der Waals surface area contributed by atoms with Crippen LogP contribution < -0.4 is 10.0 Å². The topological polar surface area (TPSA) is 87.6 Å². The first-order chi connectivity index (χ1) is 12.3. The Balaban J connectivity index is 1.81. The van der Waals surface area contributed by atoms with Gasteiger partial charge in [-0.1, -0.05) is 29.3 Å². The minimum atomic E-state index is -3.76. The van der Waals surface area contributed by atoms with Crippen molar-refractivity contribution in [2.24, 2.45) is 4.99 Å². The molecule has 0 atom stereocenters. The third kappa shape index (κ3) is 4.35. The highest BCUT2D eigenvalue weighted by Crippen LogP contribution is 2.23. The number of hydrogen-bond donors (Lipinski definition) is 2. The van der Waals surface area contributed by atoms with Crippen molar-refractivity contribution in [3.8, 4) is 0 Å². The number of sulfonamides is 1. The van der Waals surface area contributed by atoms with Crippen LogP contribution >= 0.6 is 23.2 Å². The van der Waals surface area contributed by atoms with E-state index in [2.05, 4.69) is 15.0 Å². The zero-order valence-electron chi connectivity index (χ0n) is 13.5. The van der Waals surface area contributed by atoms with Gasteiger partial charge in [0.2, 0.25) is 0 Å². The van der Waals surface area contributed by atoms with E-state index < -0.39 is 15.9 Å². The van der Waals surface area contributed by atoms with E-state index in [4.69, 9.17) is 23.2 Å². The second-order valence-corrected chi connectivity index (χ2v) is 8.17. The standard InChI is InChI=1S/C17H15Cl2N3O3S/c18-11-6-7-15(19)14(9-11)17(23)21-12-3-1-4-13(10-12)26(24,25)22-16-5-2-8-20-16/h1,3-4,6-7,9-10H,2,5,8H2,(H,20,22)(H,21,23). The summed E-state index contributed by atoms with van der Waals surface area (Å²) in [6, 6.07) is 10.5. The Kier molecular flexibility index (Phi) is 5.50. The van der Waals surface area contributed by atoms with Gasteiger partial charge in [-0.15, -0.1) is 0 Å².